The minimum absolute atomic E-state index is 0.216. The van der Waals surface area contributed by atoms with Crippen molar-refractivity contribution in [3.8, 4) is 0 Å². The highest BCUT2D eigenvalue weighted by atomic mass is 19.1. The number of carbonyl (C=O) groups is 2. The molecule has 0 aromatic heterocycles. The van der Waals surface area contributed by atoms with E-state index in [9.17, 15) is 18.4 Å². The molecule has 0 aromatic rings. The number of hydrogen-bond donors (Lipinski definition) is 2. The minimum atomic E-state index is -1.92. The van der Waals surface area contributed by atoms with Gasteiger partial charge in [0.1, 0.15) is 0 Å². The van der Waals surface area contributed by atoms with Crippen molar-refractivity contribution in [2.24, 2.45) is 0 Å². The topological polar surface area (TPSA) is 74.6 Å². The molecule has 0 rings (SSSR count). The van der Waals surface area contributed by atoms with E-state index < -0.39 is 18.1 Å². The van der Waals surface area contributed by atoms with Crippen LogP contribution in [0.15, 0.2) is 25.1 Å². The number of carboxylic acid groups (broad SMARTS) is 2. The third kappa shape index (κ3) is 12.9. The Morgan fingerprint density at radius 3 is 2.00 bits per heavy atom. The van der Waals surface area contributed by atoms with E-state index in [2.05, 4.69) is 6.58 Å². The van der Waals surface area contributed by atoms with E-state index in [1.807, 2.05) is 0 Å². The van der Waals surface area contributed by atoms with Crippen LogP contribution >= 0.6 is 0 Å². The molecule has 0 aliphatic heterocycles. The quantitative estimate of drug-likeness (QED) is 0.687. The van der Waals surface area contributed by atoms with Crippen molar-refractivity contribution in [1.29, 1.82) is 0 Å². The second-order valence-corrected chi connectivity index (χ2v) is 1.94. The van der Waals surface area contributed by atoms with E-state index in [-0.39, 0.29) is 12.8 Å². The number of carboxylic acids is 2. The molecule has 4 nitrogen and oxygen atoms in total. The average Bonchev–Trinajstić information content (AvgIpc) is 2.14. The molecule has 0 saturated heterocycles. The van der Waals surface area contributed by atoms with E-state index in [1.54, 1.807) is 0 Å². The standard InChI is InChI=1S/2C4H5FO2/c1-2-3(5)4(6)7;5-3-1-2-4(6)7/h2-3H,1H2,(H,6,7);1,3H,2H2,(H,6,7). The zero-order valence-electron chi connectivity index (χ0n) is 7.19. The Bertz CT molecular complexity index is 225. The first-order valence-electron chi connectivity index (χ1n) is 3.42. The van der Waals surface area contributed by atoms with Crippen molar-refractivity contribution in [3.63, 3.8) is 0 Å². The van der Waals surface area contributed by atoms with Gasteiger partial charge in [-0.1, -0.05) is 6.58 Å². The summed E-state index contributed by atoms with van der Waals surface area (Å²) in [6.45, 7) is 2.93. The second-order valence-electron chi connectivity index (χ2n) is 1.94. The summed E-state index contributed by atoms with van der Waals surface area (Å²) in [7, 11) is 0. The number of rotatable bonds is 4. The molecule has 0 fully saturated rings. The zero-order chi connectivity index (χ0) is 11.6. The van der Waals surface area contributed by atoms with Crippen LogP contribution in [0.5, 0.6) is 0 Å². The minimum Gasteiger partial charge on any atom is -0.481 e. The number of hydrogen-bond acceptors (Lipinski definition) is 2. The summed E-state index contributed by atoms with van der Waals surface area (Å²) < 4.78 is 22.4. The maximum absolute atomic E-state index is 11.5. The van der Waals surface area contributed by atoms with Crippen LogP contribution < -0.4 is 0 Å². The lowest BCUT2D eigenvalue weighted by Gasteiger charge is -1.87. The molecule has 0 heterocycles. The SMILES string of the molecule is C=CC(F)C(=O)O.O=C(O)CC=CF. The molecule has 14 heavy (non-hydrogen) atoms. The Morgan fingerprint density at radius 2 is 1.93 bits per heavy atom. The predicted octanol–water partition coefficient (Wildman–Crippen LogP) is 1.54. The maximum Gasteiger partial charge on any atom is 0.342 e. The molecule has 6 heteroatoms. The van der Waals surface area contributed by atoms with Crippen LogP contribution in [0.25, 0.3) is 0 Å². The first kappa shape index (κ1) is 14.8. The van der Waals surface area contributed by atoms with Crippen molar-refractivity contribution in [2.45, 2.75) is 12.6 Å². The van der Waals surface area contributed by atoms with Crippen LogP contribution in [0.4, 0.5) is 8.78 Å². The summed E-state index contributed by atoms with van der Waals surface area (Å²) in [6, 6.07) is 0. The zero-order valence-corrected chi connectivity index (χ0v) is 7.19. The molecule has 0 spiro atoms. The molecule has 0 radical (unpaired) electrons. The van der Waals surface area contributed by atoms with Crippen molar-refractivity contribution >= 4 is 11.9 Å². The van der Waals surface area contributed by atoms with E-state index in [0.717, 1.165) is 12.2 Å². The lowest BCUT2D eigenvalue weighted by Crippen LogP contribution is -2.09. The smallest absolute Gasteiger partial charge is 0.342 e. The highest BCUT2D eigenvalue weighted by Crippen LogP contribution is 1.88. The third-order valence-corrected chi connectivity index (χ3v) is 0.824. The Morgan fingerprint density at radius 1 is 1.43 bits per heavy atom. The van der Waals surface area contributed by atoms with Gasteiger partial charge in [-0.3, -0.25) is 4.79 Å². The molecule has 0 aromatic carbocycles. The van der Waals surface area contributed by atoms with Crippen LogP contribution in [-0.4, -0.2) is 28.3 Å². The van der Waals surface area contributed by atoms with Crippen LogP contribution in [0.1, 0.15) is 6.42 Å². The molecular weight excluding hydrogens is 198 g/mol. The molecule has 0 amide bonds. The fourth-order valence-electron chi connectivity index (χ4n) is 0.246. The first-order chi connectivity index (χ1) is 6.45. The first-order valence-corrected chi connectivity index (χ1v) is 3.42. The van der Waals surface area contributed by atoms with Crippen LogP contribution in [0, 0.1) is 0 Å². The summed E-state index contributed by atoms with van der Waals surface area (Å²) in [6.07, 6.45) is -0.282. The summed E-state index contributed by atoms with van der Waals surface area (Å²) in [4.78, 5) is 19.0. The lowest BCUT2D eigenvalue weighted by atomic mass is 10.4. The molecule has 2 N–H and O–H groups in total. The molecule has 0 aliphatic carbocycles. The van der Waals surface area contributed by atoms with E-state index >= 15 is 0 Å². The molecule has 1 unspecified atom stereocenters. The van der Waals surface area contributed by atoms with Crippen LogP contribution in [0.3, 0.4) is 0 Å². The monoisotopic (exact) mass is 208 g/mol. The molecule has 1 atom stereocenters. The van der Waals surface area contributed by atoms with Crippen molar-refractivity contribution in [3.05, 3.63) is 25.1 Å². The van der Waals surface area contributed by atoms with Crippen molar-refractivity contribution in [2.75, 3.05) is 0 Å². The molecule has 80 valence electrons. The predicted molar refractivity (Wildman–Crippen MR) is 45.2 cm³/mol. The van der Waals surface area contributed by atoms with Crippen LogP contribution in [0.2, 0.25) is 0 Å². The third-order valence-electron chi connectivity index (χ3n) is 0.824. The van der Waals surface area contributed by atoms with Gasteiger partial charge in [0.05, 0.1) is 12.8 Å². The van der Waals surface area contributed by atoms with E-state index in [0.29, 0.717) is 0 Å². The maximum atomic E-state index is 11.5. The average molecular weight is 208 g/mol. The van der Waals surface area contributed by atoms with Gasteiger partial charge in [-0.05, 0) is 12.2 Å². The highest BCUT2D eigenvalue weighted by molar-refractivity contribution is 5.74. The second kappa shape index (κ2) is 9.37. The van der Waals surface area contributed by atoms with Crippen molar-refractivity contribution < 1.29 is 28.6 Å². The van der Waals surface area contributed by atoms with E-state index in [1.165, 1.54) is 0 Å². The molecule has 0 bridgehead atoms. The van der Waals surface area contributed by atoms with Gasteiger partial charge >= 0.3 is 11.9 Å². The largest absolute Gasteiger partial charge is 0.481 e. The summed E-state index contributed by atoms with van der Waals surface area (Å²) in [5, 5.41) is 15.6. The number of alkyl halides is 1. The van der Waals surface area contributed by atoms with Crippen molar-refractivity contribution in [1.82, 2.24) is 0 Å². The Labute approximate surface area is 79.2 Å². The van der Waals surface area contributed by atoms with E-state index in [4.69, 9.17) is 10.2 Å². The number of aliphatic carboxylic acids is 2. The van der Waals surface area contributed by atoms with Crippen LogP contribution in [-0.2, 0) is 9.59 Å². The van der Waals surface area contributed by atoms with Gasteiger partial charge in [0.15, 0.2) is 0 Å². The van der Waals surface area contributed by atoms with Gasteiger partial charge in [-0.25, -0.2) is 13.6 Å². The Hall–Kier alpha value is -1.72. The summed E-state index contributed by atoms with van der Waals surface area (Å²) >= 11 is 0. The van der Waals surface area contributed by atoms with Gasteiger partial charge in [-0.15, -0.1) is 0 Å². The summed E-state index contributed by atoms with van der Waals surface area (Å²) in [5.41, 5.74) is 0. The highest BCUT2D eigenvalue weighted by Gasteiger charge is 2.07. The van der Waals surface area contributed by atoms with Gasteiger partial charge in [0, 0.05) is 0 Å². The lowest BCUT2D eigenvalue weighted by molar-refractivity contribution is -0.141. The van der Waals surface area contributed by atoms with Gasteiger partial charge in [0.25, 0.3) is 0 Å². The fourth-order valence-corrected chi connectivity index (χ4v) is 0.246. The number of halogens is 2. The Balaban J connectivity index is 0. The molecular formula is C8H10F2O4. The van der Waals surface area contributed by atoms with Gasteiger partial charge < -0.3 is 10.2 Å². The molecule has 0 saturated carbocycles. The normalized spacial score (nSPS) is 11.3. The molecule has 0 aliphatic rings. The fraction of sp³-hybridized carbons (Fsp3) is 0.250. The summed E-state index contributed by atoms with van der Waals surface area (Å²) in [5.74, 6) is -2.51. The Kier molecular flexibility index (Phi) is 9.89. The van der Waals surface area contributed by atoms with Gasteiger partial charge in [-0.2, -0.15) is 0 Å². The van der Waals surface area contributed by atoms with Gasteiger partial charge in [0.2, 0.25) is 6.17 Å².